The first-order valence-electron chi connectivity index (χ1n) is 5.95. The van der Waals surface area contributed by atoms with Crippen molar-refractivity contribution in [1.82, 2.24) is 30.0 Å². The minimum Gasteiger partial charge on any atom is -0.346 e. The van der Waals surface area contributed by atoms with Crippen molar-refractivity contribution in [3.05, 3.63) is 31.0 Å². The van der Waals surface area contributed by atoms with Crippen molar-refractivity contribution in [1.29, 1.82) is 0 Å². The van der Waals surface area contributed by atoms with Crippen molar-refractivity contribution in [2.75, 3.05) is 13.1 Å². The number of fused-ring (bicyclic) bond motifs is 1. The Labute approximate surface area is 103 Å². The molecule has 0 unspecified atom stereocenters. The Morgan fingerprint density at radius 2 is 2.22 bits per heavy atom. The summed E-state index contributed by atoms with van der Waals surface area (Å²) in [6, 6.07) is 2.47. The quantitative estimate of drug-likeness (QED) is 0.700. The highest BCUT2D eigenvalue weighted by Crippen LogP contribution is 2.25. The summed E-state index contributed by atoms with van der Waals surface area (Å²) < 4.78 is 2.01. The van der Waals surface area contributed by atoms with Gasteiger partial charge in [0, 0.05) is 36.4 Å². The van der Waals surface area contributed by atoms with Crippen molar-refractivity contribution in [3.63, 3.8) is 0 Å². The summed E-state index contributed by atoms with van der Waals surface area (Å²) in [4.78, 5) is 11.7. The second-order valence-corrected chi connectivity index (χ2v) is 4.48. The Kier molecular flexibility index (Phi) is 1.98. The monoisotopic (exact) mass is 240 g/mol. The second-order valence-electron chi connectivity index (χ2n) is 4.48. The highest BCUT2D eigenvalue weighted by Gasteiger charge is 2.20. The average molecular weight is 240 g/mol. The zero-order chi connectivity index (χ0) is 11.9. The van der Waals surface area contributed by atoms with Gasteiger partial charge in [-0.3, -0.25) is 4.68 Å². The minimum atomic E-state index is 0.474. The van der Waals surface area contributed by atoms with E-state index < -0.39 is 0 Å². The Bertz CT molecular complexity index is 693. The molecule has 0 bridgehead atoms. The third-order valence-electron chi connectivity index (χ3n) is 3.36. The number of aromatic amines is 1. The van der Waals surface area contributed by atoms with Gasteiger partial charge in [-0.15, -0.1) is 0 Å². The molecule has 0 aromatic carbocycles. The van der Waals surface area contributed by atoms with E-state index in [2.05, 4.69) is 31.6 Å². The van der Waals surface area contributed by atoms with Crippen molar-refractivity contribution < 1.29 is 0 Å². The van der Waals surface area contributed by atoms with Crippen LogP contribution in [0.2, 0.25) is 0 Å². The normalized spacial score (nSPS) is 16.0. The smallest absolute Gasteiger partial charge is 0.141 e. The standard InChI is InChI=1S/C12H12N6/c1-2-14-12-10(1)11(15-7-16-12)8-3-17-18(6-8)9-4-13-5-9/h1-3,6-7,9,13H,4-5H2,(H,14,15,16). The molecule has 6 nitrogen and oxygen atoms in total. The lowest BCUT2D eigenvalue weighted by molar-refractivity contribution is 0.318. The van der Waals surface area contributed by atoms with Gasteiger partial charge in [0.15, 0.2) is 0 Å². The molecule has 0 aliphatic carbocycles. The van der Waals surface area contributed by atoms with E-state index in [0.717, 1.165) is 35.4 Å². The molecular weight excluding hydrogens is 228 g/mol. The number of aromatic nitrogens is 5. The molecule has 6 heteroatoms. The molecule has 4 heterocycles. The number of hydrogen-bond acceptors (Lipinski definition) is 4. The predicted molar refractivity (Wildman–Crippen MR) is 67.0 cm³/mol. The van der Waals surface area contributed by atoms with Crippen molar-refractivity contribution in [3.8, 4) is 11.3 Å². The van der Waals surface area contributed by atoms with Gasteiger partial charge in [0.25, 0.3) is 0 Å². The van der Waals surface area contributed by atoms with E-state index in [1.165, 1.54) is 0 Å². The molecule has 3 aromatic heterocycles. The van der Waals surface area contributed by atoms with Crippen LogP contribution >= 0.6 is 0 Å². The van der Waals surface area contributed by atoms with Crippen molar-refractivity contribution in [2.24, 2.45) is 0 Å². The van der Waals surface area contributed by atoms with Crippen molar-refractivity contribution in [2.45, 2.75) is 6.04 Å². The van der Waals surface area contributed by atoms with E-state index in [1.54, 1.807) is 6.33 Å². The molecule has 1 aliphatic heterocycles. The van der Waals surface area contributed by atoms with Crippen LogP contribution in [0.1, 0.15) is 6.04 Å². The van der Waals surface area contributed by atoms with E-state index >= 15 is 0 Å². The summed E-state index contributed by atoms with van der Waals surface area (Å²) in [5.74, 6) is 0. The van der Waals surface area contributed by atoms with Gasteiger partial charge in [0.05, 0.1) is 17.9 Å². The number of H-pyrrole nitrogens is 1. The van der Waals surface area contributed by atoms with Gasteiger partial charge >= 0.3 is 0 Å². The molecule has 0 radical (unpaired) electrons. The van der Waals surface area contributed by atoms with Gasteiger partial charge in [-0.2, -0.15) is 5.10 Å². The first-order valence-corrected chi connectivity index (χ1v) is 5.95. The zero-order valence-corrected chi connectivity index (χ0v) is 9.67. The third kappa shape index (κ3) is 1.36. The van der Waals surface area contributed by atoms with Crippen LogP contribution in [0.15, 0.2) is 31.0 Å². The van der Waals surface area contributed by atoms with Gasteiger partial charge in [-0.05, 0) is 6.07 Å². The lowest BCUT2D eigenvalue weighted by atomic mass is 10.1. The highest BCUT2D eigenvalue weighted by molar-refractivity contribution is 5.89. The molecule has 0 amide bonds. The molecule has 4 rings (SSSR count). The molecule has 3 aromatic rings. The van der Waals surface area contributed by atoms with Crippen LogP contribution in [0.4, 0.5) is 0 Å². The fourth-order valence-electron chi connectivity index (χ4n) is 2.22. The Hall–Kier alpha value is -2.21. The van der Waals surface area contributed by atoms with Crippen LogP contribution in [0.25, 0.3) is 22.3 Å². The van der Waals surface area contributed by atoms with Gasteiger partial charge in [0.1, 0.15) is 12.0 Å². The molecule has 0 atom stereocenters. The number of rotatable bonds is 2. The molecule has 90 valence electrons. The van der Waals surface area contributed by atoms with Gasteiger partial charge in [0.2, 0.25) is 0 Å². The van der Waals surface area contributed by atoms with Crippen molar-refractivity contribution >= 4 is 11.0 Å². The van der Waals surface area contributed by atoms with E-state index in [0.29, 0.717) is 6.04 Å². The maximum Gasteiger partial charge on any atom is 0.141 e. The zero-order valence-electron chi connectivity index (χ0n) is 9.67. The summed E-state index contributed by atoms with van der Waals surface area (Å²) in [5.41, 5.74) is 2.83. The number of nitrogens with zero attached hydrogens (tertiary/aromatic N) is 4. The summed E-state index contributed by atoms with van der Waals surface area (Å²) in [6.07, 6.45) is 7.38. The van der Waals surface area contributed by atoms with Gasteiger partial charge < -0.3 is 10.3 Å². The first-order chi connectivity index (χ1) is 8.92. The number of nitrogens with one attached hydrogen (secondary N) is 2. The van der Waals surface area contributed by atoms with Gasteiger partial charge in [-0.25, -0.2) is 9.97 Å². The van der Waals surface area contributed by atoms with Crippen LogP contribution in [-0.4, -0.2) is 37.8 Å². The van der Waals surface area contributed by atoms with Crippen LogP contribution in [0.5, 0.6) is 0 Å². The molecule has 1 fully saturated rings. The fourth-order valence-corrected chi connectivity index (χ4v) is 2.22. The summed E-state index contributed by atoms with van der Waals surface area (Å²) >= 11 is 0. The van der Waals surface area contributed by atoms with E-state index in [1.807, 2.05) is 23.1 Å². The Balaban J connectivity index is 1.81. The lowest BCUT2D eigenvalue weighted by Gasteiger charge is -2.27. The van der Waals surface area contributed by atoms with Crippen LogP contribution in [-0.2, 0) is 0 Å². The molecule has 0 spiro atoms. The molecule has 1 aliphatic rings. The predicted octanol–water partition coefficient (Wildman–Crippen LogP) is 0.966. The molecule has 0 saturated carbocycles. The highest BCUT2D eigenvalue weighted by atomic mass is 15.3. The maximum atomic E-state index is 4.41. The van der Waals surface area contributed by atoms with E-state index in [9.17, 15) is 0 Å². The van der Waals surface area contributed by atoms with E-state index in [4.69, 9.17) is 0 Å². The Morgan fingerprint density at radius 3 is 3.06 bits per heavy atom. The lowest BCUT2D eigenvalue weighted by Crippen LogP contribution is -2.43. The van der Waals surface area contributed by atoms with Crippen LogP contribution < -0.4 is 5.32 Å². The van der Waals surface area contributed by atoms with Crippen LogP contribution in [0, 0.1) is 0 Å². The van der Waals surface area contributed by atoms with Gasteiger partial charge in [-0.1, -0.05) is 0 Å². The summed E-state index contributed by atoms with van der Waals surface area (Å²) in [6.45, 7) is 1.98. The topological polar surface area (TPSA) is 71.4 Å². The second kappa shape index (κ2) is 3.64. The minimum absolute atomic E-state index is 0.474. The average Bonchev–Trinajstić information content (AvgIpc) is 2.93. The van der Waals surface area contributed by atoms with E-state index in [-0.39, 0.29) is 0 Å². The Morgan fingerprint density at radius 1 is 1.28 bits per heavy atom. The first kappa shape index (κ1) is 9.78. The fraction of sp³-hybridized carbons (Fsp3) is 0.250. The third-order valence-corrected chi connectivity index (χ3v) is 3.36. The number of hydrogen-bond donors (Lipinski definition) is 2. The largest absolute Gasteiger partial charge is 0.346 e. The maximum absolute atomic E-state index is 4.41. The molecular formula is C12H12N6. The summed E-state index contributed by atoms with van der Waals surface area (Å²) in [5, 5.41) is 8.69. The molecule has 1 saturated heterocycles. The molecule has 2 N–H and O–H groups in total. The molecule has 18 heavy (non-hydrogen) atoms. The summed E-state index contributed by atoms with van der Waals surface area (Å²) in [7, 11) is 0. The van der Waals surface area contributed by atoms with Crippen LogP contribution in [0.3, 0.4) is 0 Å². The SMILES string of the molecule is c1nc(-c2cnn(C3CNC3)c2)c2cc[nH]c2n1.